The maximum atomic E-state index is 12.7. The Morgan fingerprint density at radius 2 is 1.61 bits per heavy atom. The number of rotatable bonds is 10. The van der Waals surface area contributed by atoms with Crippen LogP contribution in [0.3, 0.4) is 0 Å². The van der Waals surface area contributed by atoms with E-state index in [4.69, 9.17) is 9.47 Å². The molecule has 1 aliphatic rings. The molecule has 3 aromatic rings. The summed E-state index contributed by atoms with van der Waals surface area (Å²) in [5, 5.41) is 3.99. The van der Waals surface area contributed by atoms with Crippen LogP contribution in [0, 0.1) is 0 Å². The van der Waals surface area contributed by atoms with Crippen molar-refractivity contribution < 1.29 is 22.7 Å². The molecule has 4 rings (SSSR count). The number of carbonyl (C=O) groups is 1. The van der Waals surface area contributed by atoms with E-state index in [9.17, 15) is 13.2 Å². The minimum Gasteiger partial charge on any atom is -0.489 e. The second kappa shape index (κ2) is 11.5. The van der Waals surface area contributed by atoms with Crippen LogP contribution in [0.2, 0.25) is 0 Å². The van der Waals surface area contributed by atoms with Crippen molar-refractivity contribution in [2.24, 2.45) is 5.10 Å². The first-order valence-corrected chi connectivity index (χ1v) is 14.3. The average Bonchev–Trinajstić information content (AvgIpc) is 2.83. The average molecular weight is 526 g/mol. The second-order valence-electron chi connectivity index (χ2n) is 8.22. The van der Waals surface area contributed by atoms with Crippen LogP contribution in [0.1, 0.15) is 12.5 Å². The molecule has 1 amide bonds. The fourth-order valence-electron chi connectivity index (χ4n) is 3.47. The Morgan fingerprint density at radius 3 is 2.19 bits per heavy atom. The molecule has 1 atom stereocenters. The maximum absolute atomic E-state index is 12.7. The summed E-state index contributed by atoms with van der Waals surface area (Å²) >= 11 is 1.85. The highest BCUT2D eigenvalue weighted by molar-refractivity contribution is 8.00. The molecule has 36 heavy (non-hydrogen) atoms. The van der Waals surface area contributed by atoms with Gasteiger partial charge in [0.2, 0.25) is 10.0 Å². The van der Waals surface area contributed by atoms with Crippen molar-refractivity contribution >= 4 is 39.6 Å². The predicted molar refractivity (Wildman–Crippen MR) is 144 cm³/mol. The molecule has 10 heteroatoms. The Labute approximate surface area is 215 Å². The quantitative estimate of drug-likeness (QED) is 0.314. The largest absolute Gasteiger partial charge is 0.489 e. The number of hydrogen-bond acceptors (Lipinski definition) is 7. The first kappa shape index (κ1) is 25.6. The second-order valence-corrected chi connectivity index (χ2v) is 11.2. The molecule has 1 heterocycles. The number of anilines is 1. The number of nitrogens with one attached hydrogen (secondary N) is 1. The lowest BCUT2D eigenvalue weighted by Crippen LogP contribution is -2.46. The normalized spacial score (nSPS) is 14.6. The summed E-state index contributed by atoms with van der Waals surface area (Å²) in [6, 6.07) is 22.1. The highest BCUT2D eigenvalue weighted by atomic mass is 32.2. The number of benzene rings is 3. The lowest BCUT2D eigenvalue weighted by atomic mass is 10.2. The highest BCUT2D eigenvalue weighted by Crippen LogP contribution is 2.27. The molecule has 1 fully saturated rings. The van der Waals surface area contributed by atoms with E-state index in [2.05, 4.69) is 10.5 Å². The first-order valence-electron chi connectivity index (χ1n) is 11.3. The number of ether oxygens (including phenoxy) is 2. The van der Waals surface area contributed by atoms with Crippen LogP contribution >= 0.6 is 11.8 Å². The van der Waals surface area contributed by atoms with E-state index in [1.54, 1.807) is 24.3 Å². The van der Waals surface area contributed by atoms with E-state index in [-0.39, 0.29) is 6.10 Å². The van der Waals surface area contributed by atoms with Crippen LogP contribution < -0.4 is 19.2 Å². The summed E-state index contributed by atoms with van der Waals surface area (Å²) in [5.74, 6) is 3.44. The Balaban J connectivity index is 1.38. The molecule has 3 aromatic carbocycles. The molecule has 1 aliphatic heterocycles. The molecule has 0 unspecified atom stereocenters. The third-order valence-corrected chi connectivity index (χ3v) is 7.79. The zero-order valence-corrected chi connectivity index (χ0v) is 21.5. The third kappa shape index (κ3) is 6.79. The topological polar surface area (TPSA) is 97.3 Å². The minimum absolute atomic E-state index is 0.265. The first-order chi connectivity index (χ1) is 17.3. The molecule has 188 valence electrons. The molecular formula is C26H27N3O5S2. The Bertz CT molecular complexity index is 1290. The molecule has 1 N–H and O–H groups in total. The van der Waals surface area contributed by atoms with Gasteiger partial charge in [0, 0.05) is 11.5 Å². The highest BCUT2D eigenvalue weighted by Gasteiger charge is 2.29. The van der Waals surface area contributed by atoms with E-state index in [1.807, 2.05) is 66.4 Å². The van der Waals surface area contributed by atoms with Gasteiger partial charge in [-0.25, -0.2) is 13.8 Å². The van der Waals surface area contributed by atoms with Crippen molar-refractivity contribution in [1.82, 2.24) is 5.43 Å². The molecule has 0 radical (unpaired) electrons. The van der Waals surface area contributed by atoms with Crippen molar-refractivity contribution in [3.8, 4) is 17.2 Å². The Kier molecular flexibility index (Phi) is 8.17. The summed E-state index contributed by atoms with van der Waals surface area (Å²) in [5.41, 5.74) is 3.54. The van der Waals surface area contributed by atoms with Crippen LogP contribution in [0.5, 0.6) is 17.2 Å². The van der Waals surface area contributed by atoms with Gasteiger partial charge in [0.15, 0.2) is 0 Å². The number of para-hydroxylation sites is 1. The van der Waals surface area contributed by atoms with E-state index < -0.39 is 22.0 Å². The lowest BCUT2D eigenvalue weighted by Gasteiger charge is -2.27. The summed E-state index contributed by atoms with van der Waals surface area (Å²) in [7, 11) is -3.76. The number of nitrogens with zero attached hydrogens (tertiary/aromatic N) is 2. The van der Waals surface area contributed by atoms with Gasteiger partial charge in [-0.05, 0) is 73.2 Å². The fraction of sp³-hybridized carbons (Fsp3) is 0.231. The number of sulfonamides is 1. The standard InChI is InChI=1S/C26H27N3O5S2/c1-19(26(30)28-27-16-20-8-12-23(13-9-20)34-25-17-35-18-25)29(36(2,31)32)21-10-14-24(15-11-21)33-22-6-4-3-5-7-22/h3-16,19,25H,17-18H2,1-2H3,(H,28,30)/b27-16-/t19-/m1/s1. The van der Waals surface area contributed by atoms with Crippen molar-refractivity contribution in [3.63, 3.8) is 0 Å². The van der Waals surface area contributed by atoms with Gasteiger partial charge >= 0.3 is 0 Å². The summed E-state index contributed by atoms with van der Waals surface area (Å²) in [6.07, 6.45) is 2.81. The van der Waals surface area contributed by atoms with Crippen molar-refractivity contribution in [1.29, 1.82) is 0 Å². The van der Waals surface area contributed by atoms with E-state index >= 15 is 0 Å². The van der Waals surface area contributed by atoms with Crippen LogP contribution in [-0.4, -0.2) is 50.4 Å². The summed E-state index contributed by atoms with van der Waals surface area (Å²) in [4.78, 5) is 12.7. The molecule has 0 aromatic heterocycles. The van der Waals surface area contributed by atoms with Gasteiger partial charge in [0.25, 0.3) is 5.91 Å². The molecule has 1 saturated heterocycles. The number of thioether (sulfide) groups is 1. The minimum atomic E-state index is -3.76. The Morgan fingerprint density at radius 1 is 1.00 bits per heavy atom. The zero-order valence-electron chi connectivity index (χ0n) is 19.9. The van der Waals surface area contributed by atoms with Gasteiger partial charge in [0.1, 0.15) is 29.4 Å². The van der Waals surface area contributed by atoms with E-state index in [1.165, 1.54) is 13.1 Å². The third-order valence-electron chi connectivity index (χ3n) is 5.34. The molecule has 8 nitrogen and oxygen atoms in total. The van der Waals surface area contributed by atoms with Gasteiger partial charge in [-0.3, -0.25) is 9.10 Å². The van der Waals surface area contributed by atoms with Gasteiger partial charge in [-0.15, -0.1) is 0 Å². The van der Waals surface area contributed by atoms with Crippen LogP contribution in [-0.2, 0) is 14.8 Å². The van der Waals surface area contributed by atoms with E-state index in [0.29, 0.717) is 17.2 Å². The van der Waals surface area contributed by atoms with Crippen molar-refractivity contribution in [3.05, 3.63) is 84.4 Å². The molecule has 0 spiro atoms. The number of hydrazone groups is 1. The van der Waals surface area contributed by atoms with Crippen LogP contribution in [0.4, 0.5) is 5.69 Å². The van der Waals surface area contributed by atoms with E-state index in [0.717, 1.165) is 33.4 Å². The number of carbonyl (C=O) groups excluding carboxylic acids is 1. The van der Waals surface area contributed by atoms with Crippen LogP contribution in [0.15, 0.2) is 84.0 Å². The van der Waals surface area contributed by atoms with Crippen LogP contribution in [0.25, 0.3) is 0 Å². The van der Waals surface area contributed by atoms with Gasteiger partial charge in [-0.2, -0.15) is 16.9 Å². The smallest absolute Gasteiger partial charge is 0.263 e. The number of amides is 1. The molecule has 0 bridgehead atoms. The summed E-state index contributed by atoms with van der Waals surface area (Å²) in [6.45, 7) is 1.51. The molecular weight excluding hydrogens is 498 g/mol. The monoisotopic (exact) mass is 525 g/mol. The van der Waals surface area contributed by atoms with Gasteiger partial charge in [0.05, 0.1) is 18.2 Å². The predicted octanol–water partition coefficient (Wildman–Crippen LogP) is 4.28. The molecule has 0 saturated carbocycles. The van der Waals surface area contributed by atoms with Gasteiger partial charge in [-0.1, -0.05) is 18.2 Å². The molecule has 0 aliphatic carbocycles. The SMILES string of the molecule is C[C@H](C(=O)N/N=C\c1ccc(OC2CSC2)cc1)N(c1ccc(Oc2ccccc2)cc1)S(C)(=O)=O. The number of hydrogen-bond donors (Lipinski definition) is 1. The maximum Gasteiger partial charge on any atom is 0.263 e. The fourth-order valence-corrected chi connectivity index (χ4v) is 5.20. The summed E-state index contributed by atoms with van der Waals surface area (Å²) < 4.78 is 37.7. The van der Waals surface area contributed by atoms with Crippen molar-refractivity contribution in [2.45, 2.75) is 19.1 Å². The zero-order chi connectivity index (χ0) is 25.5. The van der Waals surface area contributed by atoms with Crippen molar-refractivity contribution in [2.75, 3.05) is 22.1 Å². The van der Waals surface area contributed by atoms with Gasteiger partial charge < -0.3 is 9.47 Å². The lowest BCUT2D eigenvalue weighted by molar-refractivity contribution is -0.121. The Hall–Kier alpha value is -3.50.